The van der Waals surface area contributed by atoms with Crippen LogP contribution < -0.4 is 5.32 Å². The molecule has 1 aromatic rings. The number of halogens is 2. The minimum atomic E-state index is -0.244. The van der Waals surface area contributed by atoms with Crippen LogP contribution in [0.3, 0.4) is 0 Å². The molecule has 20 heavy (non-hydrogen) atoms. The molecule has 1 fully saturated rings. The van der Waals surface area contributed by atoms with Crippen LogP contribution in [0.2, 0.25) is 0 Å². The molecule has 0 spiro atoms. The lowest BCUT2D eigenvalue weighted by molar-refractivity contribution is -0.135. The van der Waals surface area contributed by atoms with Crippen molar-refractivity contribution in [3.8, 4) is 0 Å². The van der Waals surface area contributed by atoms with E-state index in [9.17, 15) is 9.18 Å². The predicted molar refractivity (Wildman–Crippen MR) is 77.6 cm³/mol. The highest BCUT2D eigenvalue weighted by atomic mass is 35.5. The fourth-order valence-electron chi connectivity index (χ4n) is 2.05. The van der Waals surface area contributed by atoms with E-state index in [1.807, 2.05) is 0 Å². The number of carbonyl (C=O) groups is 1. The molecule has 1 saturated heterocycles. The zero-order chi connectivity index (χ0) is 13.7. The largest absolute Gasteiger partial charge is 0.378 e. The predicted octanol–water partition coefficient (Wildman–Crippen LogP) is 1.24. The molecular formula is C14H20ClFN2O2. The SMILES string of the molecule is CN(CCc1ccc(F)cc1)C(=O)C1COCCN1.Cl. The van der Waals surface area contributed by atoms with Gasteiger partial charge in [0.1, 0.15) is 11.9 Å². The van der Waals surface area contributed by atoms with Gasteiger partial charge < -0.3 is 15.0 Å². The van der Waals surface area contributed by atoms with Gasteiger partial charge in [-0.2, -0.15) is 0 Å². The van der Waals surface area contributed by atoms with Crippen molar-refractivity contribution in [3.63, 3.8) is 0 Å². The molecule has 1 unspecified atom stereocenters. The molecule has 4 nitrogen and oxygen atoms in total. The molecule has 6 heteroatoms. The number of carbonyl (C=O) groups excluding carboxylic acids is 1. The monoisotopic (exact) mass is 302 g/mol. The first-order valence-electron chi connectivity index (χ1n) is 6.47. The molecule has 0 aromatic heterocycles. The van der Waals surface area contributed by atoms with Gasteiger partial charge in [0.15, 0.2) is 0 Å². The molecule has 0 saturated carbocycles. The van der Waals surface area contributed by atoms with Gasteiger partial charge in [0, 0.05) is 20.1 Å². The number of hydrogen-bond acceptors (Lipinski definition) is 3. The first-order valence-corrected chi connectivity index (χ1v) is 6.47. The van der Waals surface area contributed by atoms with E-state index in [1.54, 1.807) is 24.1 Å². The van der Waals surface area contributed by atoms with Gasteiger partial charge in [-0.1, -0.05) is 12.1 Å². The van der Waals surface area contributed by atoms with Crippen molar-refractivity contribution in [2.75, 3.05) is 33.4 Å². The van der Waals surface area contributed by atoms with Gasteiger partial charge >= 0.3 is 0 Å². The molecule has 2 rings (SSSR count). The summed E-state index contributed by atoms with van der Waals surface area (Å²) in [5, 5.41) is 3.14. The number of likely N-dealkylation sites (N-methyl/N-ethyl adjacent to an activating group) is 1. The highest BCUT2D eigenvalue weighted by Crippen LogP contribution is 2.05. The average molecular weight is 303 g/mol. The Labute approximate surface area is 124 Å². The van der Waals surface area contributed by atoms with Crippen LogP contribution >= 0.6 is 12.4 Å². The Morgan fingerprint density at radius 3 is 2.75 bits per heavy atom. The highest BCUT2D eigenvalue weighted by Gasteiger charge is 2.23. The van der Waals surface area contributed by atoms with Gasteiger partial charge in [0.25, 0.3) is 0 Å². The number of ether oxygens (including phenoxy) is 1. The third-order valence-corrected chi connectivity index (χ3v) is 3.25. The van der Waals surface area contributed by atoms with E-state index < -0.39 is 0 Å². The Balaban J connectivity index is 0.00000200. The molecule has 0 aliphatic carbocycles. The van der Waals surface area contributed by atoms with Crippen molar-refractivity contribution in [3.05, 3.63) is 35.6 Å². The minimum absolute atomic E-state index is 0. The van der Waals surface area contributed by atoms with Crippen LogP contribution in [0.4, 0.5) is 4.39 Å². The standard InChI is InChI=1S/C14H19FN2O2.ClH/c1-17(14(18)13-10-19-9-7-16-13)8-6-11-2-4-12(15)5-3-11;/h2-5,13,16H,6-10H2,1H3;1H. The van der Waals surface area contributed by atoms with Crippen molar-refractivity contribution in [2.24, 2.45) is 0 Å². The molecule has 1 N–H and O–H groups in total. The maximum atomic E-state index is 12.8. The van der Waals surface area contributed by atoms with Crippen molar-refractivity contribution in [2.45, 2.75) is 12.5 Å². The molecule has 1 aromatic carbocycles. The summed E-state index contributed by atoms with van der Waals surface area (Å²) in [5.41, 5.74) is 1.02. The lowest BCUT2D eigenvalue weighted by Crippen LogP contribution is -2.51. The molecule has 1 atom stereocenters. The molecule has 0 radical (unpaired) electrons. The fraction of sp³-hybridized carbons (Fsp3) is 0.500. The summed E-state index contributed by atoms with van der Waals surface area (Å²) < 4.78 is 18.0. The van der Waals surface area contributed by atoms with Gasteiger partial charge in [0.2, 0.25) is 5.91 Å². The molecule has 1 aliphatic heterocycles. The van der Waals surface area contributed by atoms with E-state index in [-0.39, 0.29) is 30.2 Å². The van der Waals surface area contributed by atoms with Gasteiger partial charge in [-0.3, -0.25) is 4.79 Å². The molecule has 112 valence electrons. The first kappa shape index (κ1) is 16.9. The Morgan fingerprint density at radius 1 is 1.45 bits per heavy atom. The summed E-state index contributed by atoms with van der Waals surface area (Å²) in [6, 6.07) is 6.12. The molecule has 0 bridgehead atoms. The number of morpholine rings is 1. The molecule has 1 amide bonds. The number of nitrogens with zero attached hydrogens (tertiary/aromatic N) is 1. The quantitative estimate of drug-likeness (QED) is 0.910. The Morgan fingerprint density at radius 2 is 2.15 bits per heavy atom. The van der Waals surface area contributed by atoms with Crippen LogP contribution in [0.5, 0.6) is 0 Å². The van der Waals surface area contributed by atoms with Gasteiger partial charge in [0.05, 0.1) is 13.2 Å². The molecule has 1 heterocycles. The van der Waals surface area contributed by atoms with Crippen LogP contribution in [-0.4, -0.2) is 50.2 Å². The van der Waals surface area contributed by atoms with Crippen molar-refractivity contribution < 1.29 is 13.9 Å². The van der Waals surface area contributed by atoms with Crippen molar-refractivity contribution in [1.82, 2.24) is 10.2 Å². The highest BCUT2D eigenvalue weighted by molar-refractivity contribution is 5.85. The number of rotatable bonds is 4. The second-order valence-electron chi connectivity index (χ2n) is 4.72. The third kappa shape index (κ3) is 4.74. The maximum absolute atomic E-state index is 12.8. The van der Waals surface area contributed by atoms with Crippen LogP contribution in [0, 0.1) is 5.82 Å². The summed E-state index contributed by atoms with van der Waals surface area (Å²) in [6.07, 6.45) is 0.718. The summed E-state index contributed by atoms with van der Waals surface area (Å²) in [4.78, 5) is 13.8. The number of amides is 1. The second-order valence-corrected chi connectivity index (χ2v) is 4.72. The first-order chi connectivity index (χ1) is 9.16. The van der Waals surface area contributed by atoms with Crippen molar-refractivity contribution >= 4 is 18.3 Å². The van der Waals surface area contributed by atoms with E-state index in [0.29, 0.717) is 26.3 Å². The van der Waals surface area contributed by atoms with E-state index in [4.69, 9.17) is 4.74 Å². The maximum Gasteiger partial charge on any atom is 0.241 e. The van der Waals surface area contributed by atoms with E-state index in [0.717, 1.165) is 12.0 Å². The fourth-order valence-corrected chi connectivity index (χ4v) is 2.05. The average Bonchev–Trinajstić information content (AvgIpc) is 2.46. The number of benzene rings is 1. The summed E-state index contributed by atoms with van der Waals surface area (Å²) in [6.45, 7) is 2.41. The Bertz CT molecular complexity index is 422. The molecular weight excluding hydrogens is 283 g/mol. The van der Waals surface area contributed by atoms with E-state index >= 15 is 0 Å². The second kappa shape index (κ2) is 8.19. The van der Waals surface area contributed by atoms with Crippen LogP contribution in [0.25, 0.3) is 0 Å². The van der Waals surface area contributed by atoms with Crippen LogP contribution in [-0.2, 0) is 16.0 Å². The van der Waals surface area contributed by atoms with E-state index in [2.05, 4.69) is 5.32 Å². The Hall–Kier alpha value is -1.17. The number of hydrogen-bond donors (Lipinski definition) is 1. The zero-order valence-electron chi connectivity index (χ0n) is 11.5. The number of nitrogens with one attached hydrogen (secondary N) is 1. The lowest BCUT2D eigenvalue weighted by Gasteiger charge is -2.27. The Kier molecular flexibility index (Phi) is 6.91. The van der Waals surface area contributed by atoms with Crippen LogP contribution in [0.1, 0.15) is 5.56 Å². The third-order valence-electron chi connectivity index (χ3n) is 3.25. The minimum Gasteiger partial charge on any atom is -0.378 e. The van der Waals surface area contributed by atoms with Gasteiger partial charge in [-0.05, 0) is 24.1 Å². The topological polar surface area (TPSA) is 41.6 Å². The molecule has 1 aliphatic rings. The normalized spacial score (nSPS) is 18.2. The summed E-state index contributed by atoms with van der Waals surface area (Å²) in [7, 11) is 1.78. The lowest BCUT2D eigenvalue weighted by atomic mass is 10.1. The summed E-state index contributed by atoms with van der Waals surface area (Å²) >= 11 is 0. The summed E-state index contributed by atoms with van der Waals surface area (Å²) in [5.74, 6) is -0.196. The van der Waals surface area contributed by atoms with Gasteiger partial charge in [-0.25, -0.2) is 4.39 Å². The van der Waals surface area contributed by atoms with Crippen LogP contribution in [0.15, 0.2) is 24.3 Å². The zero-order valence-corrected chi connectivity index (χ0v) is 12.3. The van der Waals surface area contributed by atoms with E-state index in [1.165, 1.54) is 12.1 Å². The van der Waals surface area contributed by atoms with Crippen molar-refractivity contribution in [1.29, 1.82) is 0 Å². The van der Waals surface area contributed by atoms with Gasteiger partial charge in [-0.15, -0.1) is 12.4 Å². The smallest absolute Gasteiger partial charge is 0.241 e.